The Morgan fingerprint density at radius 2 is 1.45 bits per heavy atom. The number of halogens is 5. The molecule has 9 nitrogen and oxygen atoms in total. The monoisotopic (exact) mass is 736 g/mol. The van der Waals surface area contributed by atoms with E-state index in [1.54, 1.807) is 12.1 Å². The van der Waals surface area contributed by atoms with Crippen molar-refractivity contribution in [2.75, 3.05) is 36.5 Å². The fourth-order valence-corrected chi connectivity index (χ4v) is 7.44. The summed E-state index contributed by atoms with van der Waals surface area (Å²) in [5.41, 5.74) is 0.941. The summed E-state index contributed by atoms with van der Waals surface area (Å²) in [7, 11) is 0. The molecule has 0 bridgehead atoms. The fourth-order valence-electron chi connectivity index (χ4n) is 7.44. The molecule has 14 heteroatoms. The van der Waals surface area contributed by atoms with Crippen LogP contribution < -0.4 is 15.5 Å². The zero-order valence-corrected chi connectivity index (χ0v) is 28.6. The Balaban J connectivity index is 1.09. The molecule has 0 aromatic heterocycles. The molecule has 3 N–H and O–H groups in total. The third kappa shape index (κ3) is 6.87. The maximum Gasteiger partial charge on any atom is 0.261 e. The first-order valence-corrected chi connectivity index (χ1v) is 17.3. The highest BCUT2D eigenvalue weighted by atomic mass is 19.2. The Labute approximate surface area is 302 Å². The molecule has 0 saturated carbocycles. The van der Waals surface area contributed by atoms with Crippen LogP contribution in [0.25, 0.3) is 0 Å². The fraction of sp³-hybridized carbons (Fsp3) is 0.333. The van der Waals surface area contributed by atoms with Gasteiger partial charge in [-0.25, -0.2) is 22.0 Å². The predicted molar refractivity (Wildman–Crippen MR) is 184 cm³/mol. The molecule has 0 unspecified atom stereocenters. The maximum atomic E-state index is 14.2. The standard InChI is InChI=1S/C39H37F5N4O5/c1-22-28(19-47-17-15-39(16-18-47)38(51)45-21-48(39)27-5-3-2-4-6-27)52-37(53-35(22)24-9-7-23(20-49)8-10-24)25-11-13-26(14-12-25)46-36(50)29-30(40)32(42)34(44)33(43)31(29)41/h2-14,22,28,35,37,49H,15-21H2,1H3,(H,45,51)(H,46,50)/t22-,28+,35+,37+/m1/s1. The van der Waals surface area contributed by atoms with E-state index in [9.17, 15) is 36.6 Å². The van der Waals surface area contributed by atoms with Gasteiger partial charge in [0.2, 0.25) is 11.7 Å². The first-order valence-electron chi connectivity index (χ1n) is 17.3. The highest BCUT2D eigenvalue weighted by molar-refractivity contribution is 6.04. The van der Waals surface area contributed by atoms with E-state index < -0.39 is 58.5 Å². The number of ether oxygens (including phenoxy) is 2. The lowest BCUT2D eigenvalue weighted by atomic mass is 9.84. The molecule has 0 aliphatic carbocycles. The first-order chi connectivity index (χ1) is 25.5. The molecule has 3 fully saturated rings. The minimum Gasteiger partial charge on any atom is -0.392 e. The lowest BCUT2D eigenvalue weighted by Crippen LogP contribution is -2.57. The zero-order chi connectivity index (χ0) is 37.4. The predicted octanol–water partition coefficient (Wildman–Crippen LogP) is 6.35. The minimum absolute atomic E-state index is 0.0232. The molecule has 4 aromatic rings. The van der Waals surface area contributed by atoms with E-state index in [0.717, 1.165) is 16.8 Å². The number of rotatable bonds is 8. The second kappa shape index (κ2) is 14.9. The summed E-state index contributed by atoms with van der Waals surface area (Å²) in [4.78, 5) is 30.3. The van der Waals surface area contributed by atoms with Crippen LogP contribution in [0.3, 0.4) is 0 Å². The van der Waals surface area contributed by atoms with Gasteiger partial charge in [-0.1, -0.05) is 61.5 Å². The van der Waals surface area contributed by atoms with E-state index in [1.165, 1.54) is 12.1 Å². The van der Waals surface area contributed by atoms with Crippen LogP contribution >= 0.6 is 0 Å². The summed E-state index contributed by atoms with van der Waals surface area (Å²) in [6.45, 7) is 4.23. The molecule has 3 aliphatic heterocycles. The SMILES string of the molecule is C[C@@H]1[C@H](CN2CCC3(CC2)C(=O)NCN3c2ccccc2)O[C@H](c2ccc(NC(=O)c3c(F)c(F)c(F)c(F)c3F)cc2)O[C@@H]1c1ccc(CO)cc1. The smallest absolute Gasteiger partial charge is 0.261 e. The second-order valence-electron chi connectivity index (χ2n) is 13.6. The molecule has 53 heavy (non-hydrogen) atoms. The van der Waals surface area contributed by atoms with E-state index in [0.29, 0.717) is 44.7 Å². The van der Waals surface area contributed by atoms with Crippen molar-refractivity contribution in [2.45, 2.75) is 50.4 Å². The number of aliphatic hydroxyl groups is 1. The number of likely N-dealkylation sites (tertiary alicyclic amines) is 1. The summed E-state index contributed by atoms with van der Waals surface area (Å²) in [5.74, 6) is -12.9. The van der Waals surface area contributed by atoms with Gasteiger partial charge in [-0.05, 0) is 48.2 Å². The Kier molecular flexibility index (Phi) is 10.2. The summed E-state index contributed by atoms with van der Waals surface area (Å²) in [5, 5.41) is 14.8. The van der Waals surface area contributed by atoms with Gasteiger partial charge in [-0.3, -0.25) is 9.59 Å². The van der Waals surface area contributed by atoms with E-state index in [1.807, 2.05) is 61.5 Å². The van der Waals surface area contributed by atoms with E-state index in [-0.39, 0.29) is 30.2 Å². The molecule has 0 radical (unpaired) electrons. The number of nitrogens with one attached hydrogen (secondary N) is 2. The highest BCUT2D eigenvalue weighted by Crippen LogP contribution is 2.43. The number of hydrogen-bond acceptors (Lipinski definition) is 7. The van der Waals surface area contributed by atoms with E-state index in [4.69, 9.17) is 9.47 Å². The summed E-state index contributed by atoms with van der Waals surface area (Å²) >= 11 is 0. The number of para-hydroxylation sites is 1. The number of carbonyl (C=O) groups excluding carboxylic acids is 2. The van der Waals surface area contributed by atoms with Crippen LogP contribution in [0.5, 0.6) is 0 Å². The molecule has 3 heterocycles. The van der Waals surface area contributed by atoms with Gasteiger partial charge in [0.25, 0.3) is 5.91 Å². The van der Waals surface area contributed by atoms with Crippen molar-refractivity contribution >= 4 is 23.2 Å². The molecular weight excluding hydrogens is 699 g/mol. The van der Waals surface area contributed by atoms with Crippen molar-refractivity contribution in [3.05, 3.63) is 130 Å². The van der Waals surface area contributed by atoms with Crippen LogP contribution in [0, 0.1) is 35.0 Å². The summed E-state index contributed by atoms with van der Waals surface area (Å²) in [6.07, 6.45) is -0.395. The molecule has 1 spiro atoms. The topological polar surface area (TPSA) is 103 Å². The van der Waals surface area contributed by atoms with Crippen LogP contribution in [-0.4, -0.2) is 59.8 Å². The Morgan fingerprint density at radius 1 is 0.849 bits per heavy atom. The minimum atomic E-state index is -2.36. The number of aliphatic hydroxyl groups excluding tert-OH is 1. The van der Waals surface area contributed by atoms with Gasteiger partial charge in [-0.15, -0.1) is 0 Å². The van der Waals surface area contributed by atoms with Crippen LogP contribution in [0.2, 0.25) is 0 Å². The van der Waals surface area contributed by atoms with Gasteiger partial charge >= 0.3 is 0 Å². The number of carbonyl (C=O) groups is 2. The highest BCUT2D eigenvalue weighted by Gasteiger charge is 2.51. The normalized spacial score (nSPS) is 22.9. The van der Waals surface area contributed by atoms with E-state index >= 15 is 0 Å². The van der Waals surface area contributed by atoms with E-state index in [2.05, 4.69) is 20.4 Å². The van der Waals surface area contributed by atoms with Gasteiger partial charge in [0.05, 0.1) is 25.5 Å². The third-order valence-corrected chi connectivity index (χ3v) is 10.5. The number of anilines is 2. The van der Waals surface area contributed by atoms with Crippen molar-refractivity contribution in [3.8, 4) is 0 Å². The lowest BCUT2D eigenvalue weighted by Gasteiger charge is -2.46. The maximum absolute atomic E-state index is 14.2. The molecule has 3 aliphatic rings. The van der Waals surface area contributed by atoms with Crippen molar-refractivity contribution < 1.29 is 46.1 Å². The largest absolute Gasteiger partial charge is 0.392 e. The van der Waals surface area contributed by atoms with Gasteiger partial charge in [-0.2, -0.15) is 0 Å². The lowest BCUT2D eigenvalue weighted by molar-refractivity contribution is -0.276. The average molecular weight is 737 g/mol. The third-order valence-electron chi connectivity index (χ3n) is 10.5. The molecule has 3 saturated heterocycles. The van der Waals surface area contributed by atoms with Gasteiger partial charge in [0.15, 0.2) is 29.6 Å². The van der Waals surface area contributed by atoms with Crippen LogP contribution in [0.1, 0.15) is 59.2 Å². The van der Waals surface area contributed by atoms with Gasteiger partial charge < -0.3 is 35.0 Å². The quantitative estimate of drug-likeness (QED) is 0.110. The second-order valence-corrected chi connectivity index (χ2v) is 13.6. The van der Waals surface area contributed by atoms with Crippen LogP contribution in [0.4, 0.5) is 33.3 Å². The molecular formula is C39H37F5N4O5. The number of nitrogens with zero attached hydrogens (tertiary/aromatic N) is 2. The number of hydrogen-bond donors (Lipinski definition) is 3. The van der Waals surface area contributed by atoms with Crippen molar-refractivity contribution in [3.63, 3.8) is 0 Å². The molecule has 4 atom stereocenters. The summed E-state index contributed by atoms with van der Waals surface area (Å²) in [6, 6.07) is 23.2. The average Bonchev–Trinajstić information content (AvgIpc) is 3.49. The van der Waals surface area contributed by atoms with Crippen molar-refractivity contribution in [2.24, 2.45) is 5.92 Å². The first kappa shape index (κ1) is 36.5. The van der Waals surface area contributed by atoms with Gasteiger partial charge in [0.1, 0.15) is 11.1 Å². The zero-order valence-electron chi connectivity index (χ0n) is 28.6. The molecule has 2 amide bonds. The Hall–Kier alpha value is -4.89. The van der Waals surface area contributed by atoms with Crippen LogP contribution in [-0.2, 0) is 20.9 Å². The van der Waals surface area contributed by atoms with Gasteiger partial charge in [0, 0.05) is 42.5 Å². The molecule has 4 aromatic carbocycles. The van der Waals surface area contributed by atoms with Crippen molar-refractivity contribution in [1.29, 1.82) is 0 Å². The van der Waals surface area contributed by atoms with Crippen molar-refractivity contribution in [1.82, 2.24) is 10.2 Å². The summed E-state index contributed by atoms with van der Waals surface area (Å²) < 4.78 is 82.5. The Morgan fingerprint density at radius 3 is 2.08 bits per heavy atom. The Bertz CT molecular complexity index is 1950. The number of amides is 2. The molecule has 278 valence electrons. The van der Waals surface area contributed by atoms with Crippen LogP contribution in [0.15, 0.2) is 78.9 Å². The molecule has 7 rings (SSSR count). The number of piperidine rings is 1. The number of benzene rings is 4.